The number of nitro groups is 1. The normalized spacial score (nSPS) is 10.3. The van der Waals surface area contributed by atoms with E-state index in [9.17, 15) is 10.1 Å². The van der Waals surface area contributed by atoms with Gasteiger partial charge in [-0.1, -0.05) is 33.6 Å². The van der Waals surface area contributed by atoms with Crippen molar-refractivity contribution in [1.82, 2.24) is 0 Å². The van der Waals surface area contributed by atoms with Crippen LogP contribution in [0.2, 0.25) is 5.02 Å². The molecule has 0 atom stereocenters. The van der Waals surface area contributed by atoms with E-state index >= 15 is 0 Å². The molecule has 0 aliphatic carbocycles. The Labute approximate surface area is 137 Å². The van der Waals surface area contributed by atoms with Crippen molar-refractivity contribution in [3.8, 4) is 11.5 Å². The first-order chi connectivity index (χ1) is 9.51. The first-order valence-electron chi connectivity index (χ1n) is 5.47. The van der Waals surface area contributed by atoms with Gasteiger partial charge in [0.15, 0.2) is 0 Å². The lowest BCUT2D eigenvalue weighted by Crippen LogP contribution is -1.95. The van der Waals surface area contributed by atoms with E-state index in [-0.39, 0.29) is 11.4 Å². The minimum absolute atomic E-state index is 0.0798. The van der Waals surface area contributed by atoms with Gasteiger partial charge in [-0.15, -0.1) is 0 Å². The number of nitro benzene ring substituents is 1. The molecule has 0 fully saturated rings. The predicted molar refractivity (Wildman–Crippen MR) is 85.0 cm³/mol. The topological polar surface area (TPSA) is 52.4 Å². The second-order valence-electron chi connectivity index (χ2n) is 3.87. The Morgan fingerprint density at radius 1 is 1.20 bits per heavy atom. The van der Waals surface area contributed by atoms with Crippen molar-refractivity contribution in [2.24, 2.45) is 0 Å². The van der Waals surface area contributed by atoms with Crippen molar-refractivity contribution in [1.29, 1.82) is 0 Å². The molecular weight excluding hydrogens is 413 g/mol. The molecule has 0 aliphatic heterocycles. The summed E-state index contributed by atoms with van der Waals surface area (Å²) in [7, 11) is 0. The van der Waals surface area contributed by atoms with Gasteiger partial charge in [0.2, 0.25) is 5.75 Å². The van der Waals surface area contributed by atoms with E-state index in [4.69, 9.17) is 16.3 Å². The number of benzene rings is 2. The van der Waals surface area contributed by atoms with Crippen molar-refractivity contribution in [2.75, 3.05) is 0 Å². The Morgan fingerprint density at radius 3 is 2.50 bits per heavy atom. The Kier molecular flexibility index (Phi) is 5.01. The van der Waals surface area contributed by atoms with Crippen LogP contribution in [0.15, 0.2) is 40.9 Å². The molecule has 0 spiro atoms. The number of ether oxygens (including phenoxy) is 1. The lowest BCUT2D eigenvalue weighted by molar-refractivity contribution is -0.385. The van der Waals surface area contributed by atoms with E-state index < -0.39 is 4.92 Å². The number of hydrogen-bond acceptors (Lipinski definition) is 3. The largest absolute Gasteiger partial charge is 0.449 e. The molecule has 0 aliphatic rings. The Morgan fingerprint density at radius 2 is 1.90 bits per heavy atom. The quantitative estimate of drug-likeness (QED) is 0.362. The zero-order valence-electron chi connectivity index (χ0n) is 9.98. The summed E-state index contributed by atoms with van der Waals surface area (Å²) < 4.78 is 6.22. The fourth-order valence-electron chi connectivity index (χ4n) is 1.55. The maximum absolute atomic E-state index is 11.1. The summed E-state index contributed by atoms with van der Waals surface area (Å²) in [6.07, 6.45) is 0. The van der Waals surface area contributed by atoms with Crippen molar-refractivity contribution in [3.63, 3.8) is 0 Å². The van der Waals surface area contributed by atoms with E-state index in [0.717, 1.165) is 5.56 Å². The highest BCUT2D eigenvalue weighted by Crippen LogP contribution is 2.36. The van der Waals surface area contributed by atoms with Crippen LogP contribution in [0.1, 0.15) is 5.56 Å². The summed E-state index contributed by atoms with van der Waals surface area (Å²) in [5.74, 6) is 0.645. The monoisotopic (exact) mass is 419 g/mol. The van der Waals surface area contributed by atoms with Gasteiger partial charge in [0, 0.05) is 16.4 Å². The second kappa shape index (κ2) is 6.56. The number of halogens is 3. The van der Waals surface area contributed by atoms with Gasteiger partial charge < -0.3 is 4.74 Å². The van der Waals surface area contributed by atoms with Crippen LogP contribution in [-0.2, 0) is 5.33 Å². The summed E-state index contributed by atoms with van der Waals surface area (Å²) in [4.78, 5) is 10.6. The van der Waals surface area contributed by atoms with Crippen molar-refractivity contribution in [3.05, 3.63) is 61.6 Å². The Balaban J connectivity index is 2.40. The van der Waals surface area contributed by atoms with Crippen LogP contribution >= 0.6 is 43.5 Å². The van der Waals surface area contributed by atoms with Crippen LogP contribution in [0.25, 0.3) is 0 Å². The van der Waals surface area contributed by atoms with Crippen molar-refractivity contribution < 1.29 is 9.66 Å². The van der Waals surface area contributed by atoms with Gasteiger partial charge in [-0.25, -0.2) is 0 Å². The molecule has 104 valence electrons. The number of rotatable bonds is 4. The van der Waals surface area contributed by atoms with Gasteiger partial charge in [0.1, 0.15) is 5.75 Å². The van der Waals surface area contributed by atoms with E-state index in [1.807, 2.05) is 0 Å². The molecule has 20 heavy (non-hydrogen) atoms. The second-order valence-corrected chi connectivity index (χ2v) is 5.72. The van der Waals surface area contributed by atoms with Crippen molar-refractivity contribution in [2.45, 2.75) is 5.33 Å². The summed E-state index contributed by atoms with van der Waals surface area (Å²) in [6.45, 7) is 0. The molecule has 0 heterocycles. The third-order valence-corrected chi connectivity index (χ3v) is 3.99. The third-order valence-electron chi connectivity index (χ3n) is 2.49. The zero-order valence-corrected chi connectivity index (χ0v) is 13.9. The van der Waals surface area contributed by atoms with Gasteiger partial charge in [-0.3, -0.25) is 10.1 Å². The number of alkyl halides is 1. The molecule has 0 bridgehead atoms. The Hall–Kier alpha value is -1.11. The van der Waals surface area contributed by atoms with E-state index in [1.165, 1.54) is 6.07 Å². The average Bonchev–Trinajstić information content (AvgIpc) is 2.42. The van der Waals surface area contributed by atoms with E-state index in [0.29, 0.717) is 20.6 Å². The molecule has 0 N–H and O–H groups in total. The number of hydrogen-bond donors (Lipinski definition) is 0. The van der Waals surface area contributed by atoms with Crippen LogP contribution in [0.4, 0.5) is 5.69 Å². The van der Waals surface area contributed by atoms with Crippen LogP contribution < -0.4 is 4.74 Å². The molecule has 2 aromatic carbocycles. The fourth-order valence-corrected chi connectivity index (χ4v) is 2.66. The van der Waals surface area contributed by atoms with Gasteiger partial charge >= 0.3 is 5.69 Å². The first-order valence-corrected chi connectivity index (χ1v) is 7.76. The highest BCUT2D eigenvalue weighted by Gasteiger charge is 2.17. The molecule has 0 saturated carbocycles. The van der Waals surface area contributed by atoms with Crippen LogP contribution in [0, 0.1) is 10.1 Å². The molecule has 0 aromatic heterocycles. The zero-order chi connectivity index (χ0) is 14.7. The molecule has 0 unspecified atom stereocenters. The van der Waals surface area contributed by atoms with Gasteiger partial charge in [-0.05, 0) is 45.8 Å². The molecular formula is C13H8Br2ClNO3. The molecule has 4 nitrogen and oxygen atoms in total. The minimum atomic E-state index is -0.467. The third kappa shape index (κ3) is 3.50. The van der Waals surface area contributed by atoms with Gasteiger partial charge in [0.25, 0.3) is 0 Å². The fraction of sp³-hybridized carbons (Fsp3) is 0.0769. The highest BCUT2D eigenvalue weighted by molar-refractivity contribution is 9.10. The van der Waals surface area contributed by atoms with Crippen LogP contribution in [0.5, 0.6) is 11.5 Å². The maximum atomic E-state index is 11.1. The smallest absolute Gasteiger partial charge is 0.311 e. The van der Waals surface area contributed by atoms with Crippen LogP contribution in [0.3, 0.4) is 0 Å². The molecule has 2 aromatic rings. The molecule has 0 saturated heterocycles. The molecule has 7 heteroatoms. The standard InChI is InChI=1S/C13H8Br2ClNO3/c14-7-8-1-3-13(11(5-8)17(18)19)20-12-4-2-9(16)6-10(12)15/h1-6H,7H2. The lowest BCUT2D eigenvalue weighted by atomic mass is 10.2. The van der Waals surface area contributed by atoms with Crippen LogP contribution in [-0.4, -0.2) is 4.92 Å². The SMILES string of the molecule is O=[N+]([O-])c1cc(CBr)ccc1Oc1ccc(Cl)cc1Br. The summed E-state index contributed by atoms with van der Waals surface area (Å²) in [6, 6.07) is 9.79. The first kappa shape index (κ1) is 15.3. The summed E-state index contributed by atoms with van der Waals surface area (Å²) in [5.41, 5.74) is 0.725. The lowest BCUT2D eigenvalue weighted by Gasteiger charge is -2.09. The molecule has 0 amide bonds. The minimum Gasteiger partial charge on any atom is -0.449 e. The highest BCUT2D eigenvalue weighted by atomic mass is 79.9. The summed E-state index contributed by atoms with van der Waals surface area (Å²) in [5, 5.41) is 12.2. The van der Waals surface area contributed by atoms with E-state index in [1.54, 1.807) is 30.3 Å². The summed E-state index contributed by atoms with van der Waals surface area (Å²) >= 11 is 12.4. The number of nitrogens with zero attached hydrogens (tertiary/aromatic N) is 1. The van der Waals surface area contributed by atoms with Crippen molar-refractivity contribution >= 4 is 49.1 Å². The maximum Gasteiger partial charge on any atom is 0.311 e. The predicted octanol–water partition coefficient (Wildman–Crippen LogP) is 5.70. The van der Waals surface area contributed by atoms with E-state index in [2.05, 4.69) is 31.9 Å². The van der Waals surface area contributed by atoms with Gasteiger partial charge in [-0.2, -0.15) is 0 Å². The molecule has 2 rings (SSSR count). The Bertz CT molecular complexity index is 664. The average molecular weight is 421 g/mol. The van der Waals surface area contributed by atoms with Gasteiger partial charge in [0.05, 0.1) is 9.40 Å². The molecule has 0 radical (unpaired) electrons.